The molecule has 0 saturated carbocycles. The van der Waals surface area contributed by atoms with E-state index in [0.717, 1.165) is 71.8 Å². The van der Waals surface area contributed by atoms with Gasteiger partial charge in [0.15, 0.2) is 5.82 Å². The van der Waals surface area contributed by atoms with Gasteiger partial charge in [-0.3, -0.25) is 4.79 Å². The lowest BCUT2D eigenvalue weighted by atomic mass is 9.95. The normalized spacial score (nSPS) is 14.5. The number of hydrogen-bond acceptors (Lipinski definition) is 5. The van der Waals surface area contributed by atoms with Crippen LogP contribution in [0.25, 0.3) is 16.6 Å². The van der Waals surface area contributed by atoms with Crippen LogP contribution in [0.3, 0.4) is 0 Å². The summed E-state index contributed by atoms with van der Waals surface area (Å²) in [5, 5.41) is 18.0. The molecular weight excluding hydrogens is 424 g/mol. The molecule has 1 aliphatic heterocycles. The van der Waals surface area contributed by atoms with E-state index in [9.17, 15) is 4.79 Å². The molecule has 0 unspecified atom stereocenters. The highest BCUT2D eigenvalue weighted by Crippen LogP contribution is 2.31. The molecule has 0 aliphatic carbocycles. The molecule has 7 nitrogen and oxygen atoms in total. The first-order chi connectivity index (χ1) is 16.5. The predicted octanol–water partition coefficient (Wildman–Crippen LogP) is 4.85. The fourth-order valence-electron chi connectivity index (χ4n) is 4.77. The fourth-order valence-corrected chi connectivity index (χ4v) is 4.77. The molecule has 7 heteroatoms. The van der Waals surface area contributed by atoms with E-state index in [2.05, 4.69) is 58.5 Å². The van der Waals surface area contributed by atoms with E-state index in [-0.39, 0.29) is 11.8 Å². The maximum atomic E-state index is 12.9. The van der Waals surface area contributed by atoms with Gasteiger partial charge in [-0.15, -0.1) is 5.10 Å². The number of nitrogens with one attached hydrogen (secondary N) is 1. The zero-order valence-corrected chi connectivity index (χ0v) is 20.0. The third-order valence-electron chi connectivity index (χ3n) is 6.78. The Morgan fingerprint density at radius 3 is 2.38 bits per heavy atom. The van der Waals surface area contributed by atoms with Crippen LogP contribution in [0.1, 0.15) is 36.7 Å². The molecule has 174 valence electrons. The summed E-state index contributed by atoms with van der Waals surface area (Å²) in [6, 6.07) is 18.2. The van der Waals surface area contributed by atoms with Crippen molar-refractivity contribution < 1.29 is 4.79 Å². The van der Waals surface area contributed by atoms with Crippen LogP contribution in [0.5, 0.6) is 0 Å². The van der Waals surface area contributed by atoms with Crippen LogP contribution >= 0.6 is 0 Å². The number of amides is 1. The van der Waals surface area contributed by atoms with Crippen LogP contribution in [-0.2, 0) is 11.2 Å². The van der Waals surface area contributed by atoms with Crippen molar-refractivity contribution in [3.05, 3.63) is 71.5 Å². The molecule has 34 heavy (non-hydrogen) atoms. The largest absolute Gasteiger partial charge is 0.353 e. The highest BCUT2D eigenvalue weighted by atomic mass is 16.1. The number of carbonyl (C=O) groups excluding carboxylic acids is 1. The van der Waals surface area contributed by atoms with Crippen molar-refractivity contribution in [2.24, 2.45) is 5.92 Å². The number of rotatable bonds is 5. The Hall–Kier alpha value is -3.74. The Morgan fingerprint density at radius 2 is 1.71 bits per heavy atom. The average Bonchev–Trinajstić information content (AvgIpc) is 3.23. The molecule has 4 aromatic rings. The smallest absolute Gasteiger partial charge is 0.227 e. The number of benzene rings is 2. The molecule has 1 saturated heterocycles. The lowest BCUT2D eigenvalue weighted by molar-refractivity contribution is -0.120. The molecule has 5 rings (SSSR count). The number of piperidine rings is 1. The molecule has 0 radical (unpaired) electrons. The number of carbonyl (C=O) groups is 1. The highest BCUT2D eigenvalue weighted by Gasteiger charge is 2.28. The molecule has 2 aromatic carbocycles. The summed E-state index contributed by atoms with van der Waals surface area (Å²) < 4.78 is 1.97. The van der Waals surface area contributed by atoms with Gasteiger partial charge in [0.2, 0.25) is 5.91 Å². The Kier molecular flexibility index (Phi) is 6.01. The van der Waals surface area contributed by atoms with Gasteiger partial charge in [-0.25, -0.2) is 4.68 Å². The van der Waals surface area contributed by atoms with Crippen LogP contribution in [0.4, 0.5) is 11.5 Å². The fraction of sp³-hybridized carbons (Fsp3) is 0.333. The predicted molar refractivity (Wildman–Crippen MR) is 136 cm³/mol. The minimum atomic E-state index is -0.0142. The lowest BCUT2D eigenvalue weighted by Gasteiger charge is -2.32. The number of aryl methyl sites for hydroxylation is 3. The Labute approximate surface area is 199 Å². The van der Waals surface area contributed by atoms with Crippen LogP contribution in [0, 0.1) is 19.8 Å². The van der Waals surface area contributed by atoms with E-state index in [4.69, 9.17) is 5.10 Å². The van der Waals surface area contributed by atoms with E-state index in [1.807, 2.05) is 41.9 Å². The molecule has 2 aromatic heterocycles. The van der Waals surface area contributed by atoms with Gasteiger partial charge in [0.1, 0.15) is 5.52 Å². The van der Waals surface area contributed by atoms with Crippen LogP contribution in [-0.4, -0.2) is 39.0 Å². The first-order valence-corrected chi connectivity index (χ1v) is 12.0. The van der Waals surface area contributed by atoms with Gasteiger partial charge >= 0.3 is 0 Å². The van der Waals surface area contributed by atoms with Gasteiger partial charge in [-0.2, -0.15) is 10.2 Å². The Morgan fingerprint density at radius 1 is 1.00 bits per heavy atom. The van der Waals surface area contributed by atoms with E-state index in [1.54, 1.807) is 0 Å². The van der Waals surface area contributed by atoms with Crippen LogP contribution < -0.4 is 10.2 Å². The SMILES string of the molecule is CCc1ccc(NC(=O)C2CCN(c3nnc(C)c4c(C)n(-c5ccccc5)nc34)CC2)cc1. The van der Waals surface area contributed by atoms with E-state index in [0.29, 0.717) is 0 Å². The molecule has 1 aliphatic rings. The summed E-state index contributed by atoms with van der Waals surface area (Å²) in [4.78, 5) is 15.1. The molecule has 0 atom stereocenters. The number of fused-ring (bicyclic) bond motifs is 1. The second-order valence-electron chi connectivity index (χ2n) is 8.97. The molecule has 1 N–H and O–H groups in total. The third-order valence-corrected chi connectivity index (χ3v) is 6.78. The monoisotopic (exact) mass is 454 g/mol. The zero-order chi connectivity index (χ0) is 23.7. The number of nitrogens with zero attached hydrogens (tertiary/aromatic N) is 5. The first kappa shape index (κ1) is 22.1. The number of aromatic nitrogens is 4. The first-order valence-electron chi connectivity index (χ1n) is 12.0. The Bertz CT molecular complexity index is 1300. The quantitative estimate of drug-likeness (QED) is 0.467. The lowest BCUT2D eigenvalue weighted by Crippen LogP contribution is -2.38. The van der Waals surface area contributed by atoms with Crippen molar-refractivity contribution in [3.8, 4) is 5.69 Å². The van der Waals surface area contributed by atoms with Gasteiger partial charge in [0.05, 0.1) is 22.5 Å². The van der Waals surface area contributed by atoms with Crippen molar-refractivity contribution in [2.45, 2.75) is 40.0 Å². The summed E-state index contributed by atoms with van der Waals surface area (Å²) in [5.41, 5.74) is 5.94. The van der Waals surface area contributed by atoms with Crippen molar-refractivity contribution in [2.75, 3.05) is 23.3 Å². The topological polar surface area (TPSA) is 75.9 Å². The van der Waals surface area contributed by atoms with Gasteiger partial charge in [-0.1, -0.05) is 37.3 Å². The number of para-hydroxylation sites is 1. The van der Waals surface area contributed by atoms with Gasteiger partial charge in [0, 0.05) is 24.7 Å². The maximum absolute atomic E-state index is 12.9. The zero-order valence-electron chi connectivity index (χ0n) is 20.0. The van der Waals surface area contributed by atoms with E-state index < -0.39 is 0 Å². The minimum absolute atomic E-state index is 0.0142. The van der Waals surface area contributed by atoms with Crippen LogP contribution in [0.2, 0.25) is 0 Å². The van der Waals surface area contributed by atoms with Crippen molar-refractivity contribution in [3.63, 3.8) is 0 Å². The summed E-state index contributed by atoms with van der Waals surface area (Å²) in [5.74, 6) is 0.875. The molecule has 1 amide bonds. The van der Waals surface area contributed by atoms with Crippen molar-refractivity contribution in [1.29, 1.82) is 0 Å². The summed E-state index contributed by atoms with van der Waals surface area (Å²) in [6.45, 7) is 7.67. The van der Waals surface area contributed by atoms with Gasteiger partial charge in [-0.05, 0) is 62.9 Å². The van der Waals surface area contributed by atoms with E-state index >= 15 is 0 Å². The van der Waals surface area contributed by atoms with Crippen molar-refractivity contribution >= 4 is 28.3 Å². The molecule has 0 spiro atoms. The second kappa shape index (κ2) is 9.25. The second-order valence-corrected chi connectivity index (χ2v) is 8.97. The highest BCUT2D eigenvalue weighted by molar-refractivity contribution is 5.94. The van der Waals surface area contributed by atoms with Gasteiger partial charge < -0.3 is 10.2 Å². The third kappa shape index (κ3) is 4.14. The average molecular weight is 455 g/mol. The summed E-state index contributed by atoms with van der Waals surface area (Å²) >= 11 is 0. The summed E-state index contributed by atoms with van der Waals surface area (Å²) in [6.07, 6.45) is 2.54. The van der Waals surface area contributed by atoms with Crippen molar-refractivity contribution in [1.82, 2.24) is 20.0 Å². The number of hydrogen-bond donors (Lipinski definition) is 1. The molecular formula is C27H30N6O. The van der Waals surface area contributed by atoms with Crippen LogP contribution in [0.15, 0.2) is 54.6 Å². The minimum Gasteiger partial charge on any atom is -0.353 e. The maximum Gasteiger partial charge on any atom is 0.227 e. The molecule has 1 fully saturated rings. The molecule has 0 bridgehead atoms. The number of anilines is 2. The molecule has 3 heterocycles. The van der Waals surface area contributed by atoms with E-state index in [1.165, 1.54) is 5.56 Å². The standard InChI is InChI=1S/C27H30N6O/c1-4-20-10-12-22(13-11-20)28-27(34)21-14-16-32(17-15-21)26-25-24(18(2)29-30-26)19(3)33(31-25)23-8-6-5-7-9-23/h5-13,21H,4,14-17H2,1-3H3,(H,28,34). The Balaban J connectivity index is 1.33. The summed E-state index contributed by atoms with van der Waals surface area (Å²) in [7, 11) is 0. The van der Waals surface area contributed by atoms with Gasteiger partial charge in [0.25, 0.3) is 0 Å².